The maximum Gasteiger partial charge on any atom is 0.271 e. The van der Waals surface area contributed by atoms with Gasteiger partial charge in [-0.1, -0.05) is 18.2 Å². The van der Waals surface area contributed by atoms with Crippen molar-refractivity contribution in [2.75, 3.05) is 18.1 Å². The molecule has 0 bridgehead atoms. The molecule has 1 aliphatic heterocycles. The number of fused-ring (bicyclic) bond motifs is 1. The highest BCUT2D eigenvalue weighted by atomic mass is 79.9. The van der Waals surface area contributed by atoms with Gasteiger partial charge in [-0.15, -0.1) is 0 Å². The molecule has 3 aromatic carbocycles. The minimum atomic E-state index is -3.69. The molecule has 0 spiro atoms. The van der Waals surface area contributed by atoms with Gasteiger partial charge in [0.15, 0.2) is 11.5 Å². The molecule has 1 aliphatic rings. The highest BCUT2D eigenvalue weighted by molar-refractivity contribution is 9.10. The molecule has 164 valence electrons. The SMILES string of the molecule is CN(c1ccc(C(=O)NN=Cc2cc3c(cc2Br)OCO3)cc1)S(=O)(=O)c1ccccc1. The number of nitrogens with one attached hydrogen (secondary N) is 1. The second-order valence-corrected chi connectivity index (χ2v) is 9.58. The minimum Gasteiger partial charge on any atom is -0.454 e. The van der Waals surface area contributed by atoms with Crippen molar-refractivity contribution in [2.45, 2.75) is 4.90 Å². The fourth-order valence-electron chi connectivity index (χ4n) is 2.97. The summed E-state index contributed by atoms with van der Waals surface area (Å²) in [4.78, 5) is 12.6. The Hall–Kier alpha value is -3.37. The number of carbonyl (C=O) groups excluding carboxylic acids is 1. The van der Waals surface area contributed by atoms with Crippen molar-refractivity contribution in [1.82, 2.24) is 5.43 Å². The number of sulfonamides is 1. The van der Waals surface area contributed by atoms with Crippen LogP contribution in [0.4, 0.5) is 5.69 Å². The molecular weight excluding hydrogens is 498 g/mol. The summed E-state index contributed by atoms with van der Waals surface area (Å²) in [6.07, 6.45) is 1.48. The zero-order chi connectivity index (χ0) is 22.7. The van der Waals surface area contributed by atoms with Crippen molar-refractivity contribution >= 4 is 43.8 Å². The predicted octanol–water partition coefficient (Wildman–Crippen LogP) is 3.77. The second-order valence-electron chi connectivity index (χ2n) is 6.76. The molecular formula is C22H18BrN3O5S. The maximum atomic E-state index is 12.7. The summed E-state index contributed by atoms with van der Waals surface area (Å²) in [5, 5.41) is 3.98. The molecule has 0 unspecified atom stereocenters. The molecule has 0 aliphatic carbocycles. The van der Waals surface area contributed by atoms with Gasteiger partial charge in [-0.3, -0.25) is 9.10 Å². The van der Waals surface area contributed by atoms with Crippen molar-refractivity contribution in [3.63, 3.8) is 0 Å². The minimum absolute atomic E-state index is 0.164. The first-order valence-corrected chi connectivity index (χ1v) is 11.7. The van der Waals surface area contributed by atoms with E-state index in [0.29, 0.717) is 28.3 Å². The number of nitrogens with zero attached hydrogens (tertiary/aromatic N) is 2. The third-order valence-corrected chi connectivity index (χ3v) is 7.24. The van der Waals surface area contributed by atoms with Crippen LogP contribution >= 0.6 is 15.9 Å². The van der Waals surface area contributed by atoms with Gasteiger partial charge in [0.1, 0.15) is 0 Å². The Kier molecular flexibility index (Phi) is 6.15. The third-order valence-electron chi connectivity index (χ3n) is 4.76. The Bertz CT molecular complexity index is 1280. The van der Waals surface area contributed by atoms with Crippen LogP contribution in [0.3, 0.4) is 0 Å². The number of amides is 1. The van der Waals surface area contributed by atoms with E-state index < -0.39 is 15.9 Å². The van der Waals surface area contributed by atoms with Gasteiger partial charge in [0.05, 0.1) is 16.8 Å². The Labute approximate surface area is 193 Å². The molecule has 8 nitrogen and oxygen atoms in total. The Morgan fingerprint density at radius 3 is 2.41 bits per heavy atom. The fraction of sp³-hybridized carbons (Fsp3) is 0.0909. The van der Waals surface area contributed by atoms with Crippen molar-refractivity contribution in [3.8, 4) is 11.5 Å². The predicted molar refractivity (Wildman–Crippen MR) is 124 cm³/mol. The largest absolute Gasteiger partial charge is 0.454 e. The lowest BCUT2D eigenvalue weighted by atomic mass is 10.2. The van der Waals surface area contributed by atoms with E-state index in [4.69, 9.17) is 9.47 Å². The average molecular weight is 516 g/mol. The lowest BCUT2D eigenvalue weighted by Gasteiger charge is -2.19. The number of carbonyl (C=O) groups is 1. The molecule has 0 saturated carbocycles. The highest BCUT2D eigenvalue weighted by Gasteiger charge is 2.21. The van der Waals surface area contributed by atoms with Crippen LogP contribution in [0.25, 0.3) is 0 Å². The number of hydrogen-bond acceptors (Lipinski definition) is 6. The van der Waals surface area contributed by atoms with Crippen molar-refractivity contribution in [1.29, 1.82) is 0 Å². The summed E-state index contributed by atoms with van der Waals surface area (Å²) in [5.41, 5.74) is 3.92. The van der Waals surface area contributed by atoms with E-state index in [-0.39, 0.29) is 11.7 Å². The summed E-state index contributed by atoms with van der Waals surface area (Å²) in [6, 6.07) is 17.9. The van der Waals surface area contributed by atoms with E-state index in [2.05, 4.69) is 26.5 Å². The van der Waals surface area contributed by atoms with Gasteiger partial charge in [-0.25, -0.2) is 13.8 Å². The van der Waals surface area contributed by atoms with Gasteiger partial charge in [0, 0.05) is 22.6 Å². The van der Waals surface area contributed by atoms with Gasteiger partial charge >= 0.3 is 0 Å². The summed E-state index contributed by atoms with van der Waals surface area (Å²) in [7, 11) is -2.23. The van der Waals surface area contributed by atoms with Crippen LogP contribution in [0.2, 0.25) is 0 Å². The summed E-state index contributed by atoms with van der Waals surface area (Å²) < 4.78 is 38.0. The number of anilines is 1. The first-order chi connectivity index (χ1) is 15.4. The zero-order valence-electron chi connectivity index (χ0n) is 16.9. The Morgan fingerprint density at radius 2 is 1.72 bits per heavy atom. The molecule has 3 aromatic rings. The van der Waals surface area contributed by atoms with E-state index in [1.165, 1.54) is 41.8 Å². The van der Waals surface area contributed by atoms with Gasteiger partial charge in [-0.05, 0) is 64.5 Å². The first kappa shape index (κ1) is 21.8. The van der Waals surface area contributed by atoms with Gasteiger partial charge in [0.2, 0.25) is 6.79 Å². The number of ether oxygens (including phenoxy) is 2. The smallest absolute Gasteiger partial charge is 0.271 e. The summed E-state index contributed by atoms with van der Waals surface area (Å²) in [5.74, 6) is 0.807. The molecule has 0 atom stereocenters. The van der Waals surface area contributed by atoms with Crippen LogP contribution in [-0.4, -0.2) is 34.4 Å². The number of benzene rings is 3. The molecule has 0 aromatic heterocycles. The van der Waals surface area contributed by atoms with E-state index in [9.17, 15) is 13.2 Å². The van der Waals surface area contributed by atoms with Gasteiger partial charge in [-0.2, -0.15) is 5.10 Å². The van der Waals surface area contributed by atoms with Gasteiger partial charge < -0.3 is 9.47 Å². The van der Waals surface area contributed by atoms with E-state index >= 15 is 0 Å². The number of hydrogen-bond donors (Lipinski definition) is 1. The standard InChI is InChI=1S/C22H18BrN3O5S/c1-26(32(28,29)18-5-3-2-4-6-18)17-9-7-15(8-10-17)22(27)25-24-13-16-11-20-21(12-19(16)23)31-14-30-20/h2-13H,14H2,1H3,(H,25,27). The molecule has 1 amide bonds. The summed E-state index contributed by atoms with van der Waals surface area (Å²) in [6.45, 7) is 0.164. The molecule has 32 heavy (non-hydrogen) atoms. The molecule has 0 radical (unpaired) electrons. The van der Waals surface area contributed by atoms with Gasteiger partial charge in [0.25, 0.3) is 15.9 Å². The van der Waals surface area contributed by atoms with Crippen LogP contribution in [0, 0.1) is 0 Å². The molecule has 4 rings (SSSR count). The average Bonchev–Trinajstić information content (AvgIpc) is 3.26. The second kappa shape index (κ2) is 9.01. The summed E-state index contributed by atoms with van der Waals surface area (Å²) >= 11 is 3.42. The number of halogens is 1. The Balaban J connectivity index is 1.43. The Morgan fingerprint density at radius 1 is 1.06 bits per heavy atom. The number of hydrazone groups is 1. The van der Waals surface area contributed by atoms with Crippen LogP contribution in [0.15, 0.2) is 81.2 Å². The maximum absolute atomic E-state index is 12.7. The molecule has 10 heteroatoms. The lowest BCUT2D eigenvalue weighted by Crippen LogP contribution is -2.26. The van der Waals surface area contributed by atoms with E-state index in [1.54, 1.807) is 42.5 Å². The van der Waals surface area contributed by atoms with E-state index in [0.717, 1.165) is 4.47 Å². The fourth-order valence-corrected chi connectivity index (χ4v) is 4.61. The first-order valence-electron chi connectivity index (χ1n) is 9.43. The lowest BCUT2D eigenvalue weighted by molar-refractivity contribution is 0.0955. The van der Waals surface area contributed by atoms with Crippen LogP contribution < -0.4 is 19.2 Å². The number of rotatable bonds is 6. The van der Waals surface area contributed by atoms with E-state index in [1.807, 2.05) is 0 Å². The van der Waals surface area contributed by atoms with Crippen LogP contribution in [-0.2, 0) is 10.0 Å². The topological polar surface area (TPSA) is 97.3 Å². The molecule has 0 saturated heterocycles. The van der Waals surface area contributed by atoms with Crippen LogP contribution in [0.1, 0.15) is 15.9 Å². The normalized spacial score (nSPS) is 12.7. The van der Waals surface area contributed by atoms with Crippen molar-refractivity contribution in [3.05, 3.63) is 82.3 Å². The van der Waals surface area contributed by atoms with Crippen molar-refractivity contribution < 1.29 is 22.7 Å². The monoisotopic (exact) mass is 515 g/mol. The molecule has 0 fully saturated rings. The quantitative estimate of drug-likeness (QED) is 0.398. The highest BCUT2D eigenvalue weighted by Crippen LogP contribution is 2.36. The van der Waals surface area contributed by atoms with Crippen LogP contribution in [0.5, 0.6) is 11.5 Å². The molecule has 1 N–H and O–H groups in total. The molecule has 1 heterocycles. The van der Waals surface area contributed by atoms with Crippen molar-refractivity contribution in [2.24, 2.45) is 5.10 Å². The zero-order valence-corrected chi connectivity index (χ0v) is 19.3. The third kappa shape index (κ3) is 4.46.